The van der Waals surface area contributed by atoms with Crippen LogP contribution in [0.4, 0.5) is 5.82 Å². The lowest BCUT2D eigenvalue weighted by Gasteiger charge is -2.29. The molecule has 0 radical (unpaired) electrons. The zero-order chi connectivity index (χ0) is 12.3. The van der Waals surface area contributed by atoms with Gasteiger partial charge < -0.3 is 10.4 Å². The first-order chi connectivity index (χ1) is 8.20. The summed E-state index contributed by atoms with van der Waals surface area (Å²) in [6, 6.07) is 3.56. The predicted octanol–water partition coefficient (Wildman–Crippen LogP) is 2.32. The first kappa shape index (κ1) is 12.2. The molecule has 0 unspecified atom stereocenters. The molecule has 0 aromatic carbocycles. The van der Waals surface area contributed by atoms with Crippen molar-refractivity contribution in [2.75, 3.05) is 5.32 Å². The van der Waals surface area contributed by atoms with Crippen LogP contribution in [-0.2, 0) is 0 Å². The molecule has 2 N–H and O–H groups in total. The normalized spacial score (nSPS) is 24.1. The second-order valence-corrected chi connectivity index (χ2v) is 4.68. The Labute approximate surface area is 105 Å². The van der Waals surface area contributed by atoms with Gasteiger partial charge in [0.05, 0.1) is 22.7 Å². The highest BCUT2D eigenvalue weighted by Gasteiger charge is 2.23. The van der Waals surface area contributed by atoms with E-state index >= 15 is 0 Å². The molecule has 1 heterocycles. The summed E-state index contributed by atoms with van der Waals surface area (Å²) in [5.41, 5.74) is 0.435. The summed E-state index contributed by atoms with van der Waals surface area (Å²) in [5, 5.41) is 22.1. The average molecular weight is 252 g/mol. The Hall–Kier alpha value is -1.31. The molecule has 0 bridgehead atoms. The number of aliphatic hydroxyl groups is 1. The first-order valence-electron chi connectivity index (χ1n) is 5.71. The Morgan fingerprint density at radius 2 is 2.24 bits per heavy atom. The van der Waals surface area contributed by atoms with Crippen molar-refractivity contribution >= 4 is 17.4 Å². The first-order valence-corrected chi connectivity index (χ1v) is 6.09. The van der Waals surface area contributed by atoms with E-state index in [1.54, 1.807) is 6.07 Å². The molecular formula is C12H14ClN3O. The van der Waals surface area contributed by atoms with E-state index < -0.39 is 0 Å². The van der Waals surface area contributed by atoms with E-state index in [9.17, 15) is 5.11 Å². The third-order valence-corrected chi connectivity index (χ3v) is 3.31. The minimum atomic E-state index is -0.350. The number of hydrogen-bond acceptors (Lipinski definition) is 4. The standard InChI is InChI=1S/C12H14ClN3O/c13-9-5-8(6-14)7-15-12(9)16-10-3-1-2-4-11(10)17/h5,7,10-11,17H,1-4H2,(H,15,16)/t10-,11-/m0/s1. The molecule has 1 saturated carbocycles. The number of pyridine rings is 1. The minimum Gasteiger partial charge on any atom is -0.391 e. The summed E-state index contributed by atoms with van der Waals surface area (Å²) >= 11 is 6.02. The van der Waals surface area contributed by atoms with Gasteiger partial charge in [-0.2, -0.15) is 5.26 Å². The van der Waals surface area contributed by atoms with Gasteiger partial charge in [0, 0.05) is 6.20 Å². The summed E-state index contributed by atoms with van der Waals surface area (Å²) in [6.45, 7) is 0. The molecule has 2 rings (SSSR count). The van der Waals surface area contributed by atoms with E-state index in [-0.39, 0.29) is 12.1 Å². The highest BCUT2D eigenvalue weighted by atomic mass is 35.5. The Balaban J connectivity index is 2.10. The van der Waals surface area contributed by atoms with Gasteiger partial charge in [0.2, 0.25) is 0 Å². The highest BCUT2D eigenvalue weighted by Crippen LogP contribution is 2.25. The maximum absolute atomic E-state index is 9.84. The van der Waals surface area contributed by atoms with Crippen molar-refractivity contribution in [3.05, 3.63) is 22.8 Å². The second-order valence-electron chi connectivity index (χ2n) is 4.27. The summed E-state index contributed by atoms with van der Waals surface area (Å²) < 4.78 is 0. The molecule has 1 aliphatic rings. The van der Waals surface area contributed by atoms with Gasteiger partial charge >= 0.3 is 0 Å². The number of anilines is 1. The van der Waals surface area contributed by atoms with Crippen LogP contribution in [0, 0.1) is 11.3 Å². The van der Waals surface area contributed by atoms with E-state index in [4.69, 9.17) is 16.9 Å². The lowest BCUT2D eigenvalue weighted by molar-refractivity contribution is 0.116. The maximum atomic E-state index is 9.84. The fraction of sp³-hybridized carbons (Fsp3) is 0.500. The minimum absolute atomic E-state index is 0.00156. The molecule has 0 amide bonds. The molecule has 0 spiro atoms. The molecular weight excluding hydrogens is 238 g/mol. The largest absolute Gasteiger partial charge is 0.391 e. The van der Waals surface area contributed by atoms with Crippen LogP contribution in [0.3, 0.4) is 0 Å². The number of halogens is 1. The fourth-order valence-corrected chi connectivity index (χ4v) is 2.28. The van der Waals surface area contributed by atoms with Crippen molar-refractivity contribution in [2.45, 2.75) is 37.8 Å². The number of aliphatic hydroxyl groups excluding tert-OH is 1. The molecule has 17 heavy (non-hydrogen) atoms. The lowest BCUT2D eigenvalue weighted by Crippen LogP contribution is -2.36. The summed E-state index contributed by atoms with van der Waals surface area (Å²) in [4.78, 5) is 4.10. The van der Waals surface area contributed by atoms with E-state index in [2.05, 4.69) is 10.3 Å². The molecule has 1 aliphatic carbocycles. The van der Waals surface area contributed by atoms with E-state index in [1.807, 2.05) is 6.07 Å². The SMILES string of the molecule is N#Cc1cnc(N[C@H]2CCCC[C@@H]2O)c(Cl)c1. The summed E-state index contributed by atoms with van der Waals surface area (Å²) in [6.07, 6.45) is 5.02. The van der Waals surface area contributed by atoms with E-state index in [0.29, 0.717) is 16.4 Å². The van der Waals surface area contributed by atoms with Crippen LogP contribution < -0.4 is 5.32 Å². The molecule has 4 nitrogen and oxygen atoms in total. The van der Waals surface area contributed by atoms with Crippen LogP contribution in [0.1, 0.15) is 31.2 Å². The van der Waals surface area contributed by atoms with Crippen LogP contribution in [0.5, 0.6) is 0 Å². The molecule has 0 saturated heterocycles. The Bertz CT molecular complexity index is 444. The number of aromatic nitrogens is 1. The number of hydrogen-bond donors (Lipinski definition) is 2. The Morgan fingerprint density at radius 3 is 2.88 bits per heavy atom. The maximum Gasteiger partial charge on any atom is 0.145 e. The fourth-order valence-electron chi connectivity index (χ4n) is 2.06. The summed E-state index contributed by atoms with van der Waals surface area (Å²) in [7, 11) is 0. The number of nitriles is 1. The van der Waals surface area contributed by atoms with Crippen LogP contribution in [0.15, 0.2) is 12.3 Å². The van der Waals surface area contributed by atoms with Crippen LogP contribution in [0.2, 0.25) is 5.02 Å². The van der Waals surface area contributed by atoms with Crippen LogP contribution in [0.25, 0.3) is 0 Å². The second kappa shape index (κ2) is 5.35. The van der Waals surface area contributed by atoms with Gasteiger partial charge in [-0.1, -0.05) is 24.4 Å². The summed E-state index contributed by atoms with van der Waals surface area (Å²) in [5.74, 6) is 0.539. The van der Waals surface area contributed by atoms with Gasteiger partial charge in [0.1, 0.15) is 11.9 Å². The van der Waals surface area contributed by atoms with Crippen molar-refractivity contribution < 1.29 is 5.11 Å². The van der Waals surface area contributed by atoms with Crippen molar-refractivity contribution in [1.29, 1.82) is 5.26 Å². The molecule has 1 fully saturated rings. The van der Waals surface area contributed by atoms with Crippen molar-refractivity contribution in [3.63, 3.8) is 0 Å². The number of nitrogens with one attached hydrogen (secondary N) is 1. The van der Waals surface area contributed by atoms with Gasteiger partial charge in [0.15, 0.2) is 0 Å². The average Bonchev–Trinajstić information content (AvgIpc) is 2.34. The third kappa shape index (κ3) is 2.87. The lowest BCUT2D eigenvalue weighted by atomic mass is 9.92. The van der Waals surface area contributed by atoms with Gasteiger partial charge in [-0.3, -0.25) is 0 Å². The van der Waals surface area contributed by atoms with Crippen molar-refractivity contribution in [3.8, 4) is 6.07 Å². The van der Waals surface area contributed by atoms with Crippen LogP contribution >= 0.6 is 11.6 Å². The molecule has 1 aromatic heterocycles. The van der Waals surface area contributed by atoms with Gasteiger partial charge in [-0.05, 0) is 18.9 Å². The predicted molar refractivity (Wildman–Crippen MR) is 65.8 cm³/mol. The van der Waals surface area contributed by atoms with E-state index in [0.717, 1.165) is 25.7 Å². The number of nitrogens with zero attached hydrogens (tertiary/aromatic N) is 2. The third-order valence-electron chi connectivity index (χ3n) is 3.02. The molecule has 90 valence electrons. The van der Waals surface area contributed by atoms with Crippen LogP contribution in [-0.4, -0.2) is 22.2 Å². The van der Waals surface area contributed by atoms with Gasteiger partial charge in [-0.25, -0.2) is 4.98 Å². The molecule has 5 heteroatoms. The van der Waals surface area contributed by atoms with Crippen molar-refractivity contribution in [2.24, 2.45) is 0 Å². The highest BCUT2D eigenvalue weighted by molar-refractivity contribution is 6.33. The monoisotopic (exact) mass is 251 g/mol. The molecule has 2 atom stereocenters. The zero-order valence-electron chi connectivity index (χ0n) is 9.36. The zero-order valence-corrected chi connectivity index (χ0v) is 10.1. The topological polar surface area (TPSA) is 68.9 Å². The van der Waals surface area contributed by atoms with E-state index in [1.165, 1.54) is 6.20 Å². The quantitative estimate of drug-likeness (QED) is 0.846. The molecule has 1 aromatic rings. The van der Waals surface area contributed by atoms with Gasteiger partial charge in [0.25, 0.3) is 0 Å². The number of rotatable bonds is 2. The molecule has 0 aliphatic heterocycles. The van der Waals surface area contributed by atoms with Gasteiger partial charge in [-0.15, -0.1) is 0 Å². The smallest absolute Gasteiger partial charge is 0.145 e. The Kier molecular flexibility index (Phi) is 3.82. The van der Waals surface area contributed by atoms with Crippen molar-refractivity contribution in [1.82, 2.24) is 4.98 Å². The Morgan fingerprint density at radius 1 is 1.47 bits per heavy atom.